The van der Waals surface area contributed by atoms with Crippen molar-refractivity contribution < 1.29 is 14.4 Å². The zero-order chi connectivity index (χ0) is 18.4. The maximum absolute atomic E-state index is 12.1. The van der Waals surface area contributed by atoms with Crippen molar-refractivity contribution in [2.24, 2.45) is 0 Å². The lowest BCUT2D eigenvalue weighted by Crippen LogP contribution is -2.46. The van der Waals surface area contributed by atoms with Gasteiger partial charge in [-0.25, -0.2) is 0 Å². The van der Waals surface area contributed by atoms with Gasteiger partial charge < -0.3 is 14.9 Å². The van der Waals surface area contributed by atoms with Crippen LogP contribution in [0.3, 0.4) is 0 Å². The molecule has 0 aliphatic carbocycles. The average Bonchev–Trinajstić information content (AvgIpc) is 2.69. The first-order valence-electron chi connectivity index (χ1n) is 8.20. The Hall–Kier alpha value is -2.99. The number of amides is 1. The summed E-state index contributed by atoms with van der Waals surface area (Å²) in [6.07, 6.45) is 1.68. The van der Waals surface area contributed by atoms with Gasteiger partial charge in [0.15, 0.2) is 0 Å². The molecule has 3 aromatic carbocycles. The Kier molecular flexibility index (Phi) is 5.43. The van der Waals surface area contributed by atoms with E-state index in [-0.39, 0.29) is 5.91 Å². The lowest BCUT2D eigenvalue weighted by Gasteiger charge is -2.13. The number of nitrogens with one attached hydrogen (secondary N) is 1. The molecule has 0 heterocycles. The molecule has 0 fully saturated rings. The summed E-state index contributed by atoms with van der Waals surface area (Å²) >= 11 is 0. The number of benzene rings is 3. The lowest BCUT2D eigenvalue weighted by atomic mass is 10.2. The summed E-state index contributed by atoms with van der Waals surface area (Å²) in [5, 5.41) is 3.36. The smallest absolute Gasteiger partial charge is 0.394 e. The third kappa shape index (κ3) is 4.55. The molecular weight excluding hydrogens is 342 g/mol. The molecular formula is C21H19NO3Si. The molecule has 0 bridgehead atoms. The fourth-order valence-electron chi connectivity index (χ4n) is 2.46. The van der Waals surface area contributed by atoms with E-state index in [1.807, 2.05) is 36.4 Å². The summed E-state index contributed by atoms with van der Waals surface area (Å²) in [7, 11) is -3.60. The molecule has 0 saturated heterocycles. The molecule has 0 spiro atoms. The average molecular weight is 361 g/mol. The molecule has 0 saturated carbocycles. The van der Waals surface area contributed by atoms with Gasteiger partial charge in [0.05, 0.1) is 0 Å². The summed E-state index contributed by atoms with van der Waals surface area (Å²) in [6.45, 7) is 0. The second-order valence-corrected chi connectivity index (χ2v) is 8.23. The Morgan fingerprint density at radius 2 is 1.38 bits per heavy atom. The van der Waals surface area contributed by atoms with E-state index in [0.29, 0.717) is 16.4 Å². The Bertz CT molecular complexity index is 892. The van der Waals surface area contributed by atoms with Crippen LogP contribution in [0.25, 0.3) is 6.08 Å². The minimum absolute atomic E-state index is 0.171. The molecule has 0 unspecified atom stereocenters. The summed E-state index contributed by atoms with van der Waals surface area (Å²) in [6, 6.07) is 25.0. The predicted molar refractivity (Wildman–Crippen MR) is 106 cm³/mol. The molecule has 5 heteroatoms. The van der Waals surface area contributed by atoms with Gasteiger partial charge in [-0.2, -0.15) is 0 Å². The first kappa shape index (κ1) is 17.8. The van der Waals surface area contributed by atoms with E-state index in [9.17, 15) is 14.4 Å². The SMILES string of the molecule is O=C(Nc1ccc(C=C[Si](O)(O)c2ccccc2)cc1)c1ccccc1. The van der Waals surface area contributed by atoms with E-state index in [2.05, 4.69) is 5.32 Å². The van der Waals surface area contributed by atoms with E-state index in [1.54, 1.807) is 54.6 Å². The topological polar surface area (TPSA) is 69.6 Å². The maximum Gasteiger partial charge on any atom is 0.394 e. The molecule has 1 amide bonds. The second kappa shape index (κ2) is 7.92. The standard InChI is InChI=1S/C21H19NO3Si/c23-21(18-7-3-1-4-8-18)22-19-13-11-17(12-14-19)15-16-26(24,25)20-9-5-2-6-10-20/h1-16,24-25H,(H,22,23). The van der Waals surface area contributed by atoms with E-state index in [0.717, 1.165) is 5.56 Å². The monoisotopic (exact) mass is 361 g/mol. The number of hydrogen-bond donors (Lipinski definition) is 3. The van der Waals surface area contributed by atoms with Gasteiger partial charge in [0.1, 0.15) is 0 Å². The number of carbonyl (C=O) groups is 1. The highest BCUT2D eigenvalue weighted by atomic mass is 28.4. The number of carbonyl (C=O) groups excluding carboxylic acids is 1. The Labute approximate surface area is 153 Å². The van der Waals surface area contributed by atoms with Crippen molar-refractivity contribution in [1.82, 2.24) is 0 Å². The van der Waals surface area contributed by atoms with Crippen LogP contribution < -0.4 is 10.5 Å². The van der Waals surface area contributed by atoms with Crippen molar-refractivity contribution >= 4 is 31.4 Å². The van der Waals surface area contributed by atoms with Crippen LogP contribution in [0, 0.1) is 0 Å². The Morgan fingerprint density at radius 1 is 0.808 bits per heavy atom. The Balaban J connectivity index is 1.67. The van der Waals surface area contributed by atoms with Gasteiger partial charge in [0.2, 0.25) is 0 Å². The van der Waals surface area contributed by atoms with Gasteiger partial charge in [-0.05, 0) is 40.7 Å². The first-order chi connectivity index (χ1) is 12.5. The lowest BCUT2D eigenvalue weighted by molar-refractivity contribution is 0.102. The number of anilines is 1. The van der Waals surface area contributed by atoms with Gasteiger partial charge in [0, 0.05) is 11.3 Å². The molecule has 130 valence electrons. The minimum atomic E-state index is -3.60. The Morgan fingerprint density at radius 3 is 2.00 bits per heavy atom. The van der Waals surface area contributed by atoms with Gasteiger partial charge in [-0.3, -0.25) is 4.79 Å². The molecule has 0 radical (unpaired) electrons. The predicted octanol–water partition coefficient (Wildman–Crippen LogP) is 2.83. The summed E-state index contributed by atoms with van der Waals surface area (Å²) < 4.78 is 0. The summed E-state index contributed by atoms with van der Waals surface area (Å²) in [5.41, 5.74) is 3.55. The molecule has 26 heavy (non-hydrogen) atoms. The molecule has 0 aromatic heterocycles. The summed E-state index contributed by atoms with van der Waals surface area (Å²) in [4.78, 5) is 32.7. The van der Waals surface area contributed by atoms with Gasteiger partial charge in [-0.1, -0.05) is 66.7 Å². The van der Waals surface area contributed by atoms with Crippen molar-refractivity contribution in [2.75, 3.05) is 5.32 Å². The van der Waals surface area contributed by atoms with Crippen molar-refractivity contribution in [3.63, 3.8) is 0 Å². The van der Waals surface area contributed by atoms with Crippen LogP contribution in [0.2, 0.25) is 0 Å². The molecule has 0 aliphatic rings. The van der Waals surface area contributed by atoms with E-state index >= 15 is 0 Å². The fourth-order valence-corrected chi connectivity index (χ4v) is 3.76. The van der Waals surface area contributed by atoms with Crippen LogP contribution in [-0.4, -0.2) is 24.1 Å². The minimum Gasteiger partial charge on any atom is -0.404 e. The molecule has 0 aliphatic heterocycles. The van der Waals surface area contributed by atoms with Crippen molar-refractivity contribution in [2.45, 2.75) is 0 Å². The third-order valence-corrected chi connectivity index (χ3v) is 5.73. The summed E-state index contributed by atoms with van der Waals surface area (Å²) in [5.74, 6) is -0.171. The normalized spacial score (nSPS) is 11.5. The fraction of sp³-hybridized carbons (Fsp3) is 0. The quantitative estimate of drug-likeness (QED) is 0.612. The van der Waals surface area contributed by atoms with Crippen LogP contribution in [0.4, 0.5) is 5.69 Å². The zero-order valence-electron chi connectivity index (χ0n) is 14.0. The van der Waals surface area contributed by atoms with Gasteiger partial charge in [0.25, 0.3) is 5.91 Å². The van der Waals surface area contributed by atoms with Gasteiger partial charge in [-0.15, -0.1) is 0 Å². The van der Waals surface area contributed by atoms with Crippen LogP contribution >= 0.6 is 0 Å². The molecule has 4 nitrogen and oxygen atoms in total. The van der Waals surface area contributed by atoms with Gasteiger partial charge >= 0.3 is 8.56 Å². The van der Waals surface area contributed by atoms with Crippen LogP contribution in [-0.2, 0) is 0 Å². The molecule has 3 aromatic rings. The van der Waals surface area contributed by atoms with E-state index in [4.69, 9.17) is 0 Å². The largest absolute Gasteiger partial charge is 0.404 e. The van der Waals surface area contributed by atoms with Crippen LogP contribution in [0.15, 0.2) is 90.6 Å². The van der Waals surface area contributed by atoms with Crippen molar-refractivity contribution in [1.29, 1.82) is 0 Å². The van der Waals surface area contributed by atoms with Crippen molar-refractivity contribution in [3.05, 3.63) is 102 Å². The number of hydrogen-bond acceptors (Lipinski definition) is 3. The second-order valence-electron chi connectivity index (χ2n) is 5.87. The maximum atomic E-state index is 12.1. The van der Waals surface area contributed by atoms with Crippen LogP contribution in [0.5, 0.6) is 0 Å². The zero-order valence-corrected chi connectivity index (χ0v) is 15.0. The first-order valence-corrected chi connectivity index (χ1v) is 10.2. The van der Waals surface area contributed by atoms with Crippen molar-refractivity contribution in [3.8, 4) is 0 Å². The third-order valence-electron chi connectivity index (χ3n) is 3.91. The highest BCUT2D eigenvalue weighted by molar-refractivity contribution is 6.83. The highest BCUT2D eigenvalue weighted by Crippen LogP contribution is 2.13. The number of rotatable bonds is 5. The van der Waals surface area contributed by atoms with E-state index < -0.39 is 8.56 Å². The molecule has 3 N–H and O–H groups in total. The van der Waals surface area contributed by atoms with E-state index in [1.165, 1.54) is 5.70 Å². The molecule has 0 atom stereocenters. The molecule has 3 rings (SSSR count). The highest BCUT2D eigenvalue weighted by Gasteiger charge is 2.27. The van der Waals surface area contributed by atoms with Crippen LogP contribution in [0.1, 0.15) is 15.9 Å².